The highest BCUT2D eigenvalue weighted by Gasteiger charge is 2.62. The van der Waals surface area contributed by atoms with E-state index < -0.39 is 12.2 Å². The van der Waals surface area contributed by atoms with Gasteiger partial charge in [-0.15, -0.1) is 0 Å². The van der Waals surface area contributed by atoms with Gasteiger partial charge in [-0.2, -0.15) is 0 Å². The Balaban J connectivity index is 1.86. The highest BCUT2D eigenvalue weighted by Crippen LogP contribution is 2.63. The van der Waals surface area contributed by atoms with Crippen LogP contribution in [0.4, 0.5) is 0 Å². The first kappa shape index (κ1) is 12.9. The summed E-state index contributed by atoms with van der Waals surface area (Å²) >= 11 is 0. The quantitative estimate of drug-likeness (QED) is 0.528. The predicted octanol–water partition coefficient (Wildman–Crippen LogP) is -0.0645. The zero-order valence-corrected chi connectivity index (χ0v) is 11.5. The van der Waals surface area contributed by atoms with Crippen molar-refractivity contribution in [1.29, 1.82) is 0 Å². The van der Waals surface area contributed by atoms with Gasteiger partial charge in [0.1, 0.15) is 0 Å². The third-order valence-electron chi connectivity index (χ3n) is 6.31. The second kappa shape index (κ2) is 3.92. The number of aliphatic hydroxyl groups is 2. The van der Waals surface area contributed by atoms with Crippen LogP contribution in [0.5, 0.6) is 0 Å². The van der Waals surface area contributed by atoms with Crippen molar-refractivity contribution >= 4 is 0 Å². The van der Waals surface area contributed by atoms with Crippen LogP contribution in [0.3, 0.4) is 0 Å². The highest BCUT2D eigenvalue weighted by atomic mass is 16.3. The lowest BCUT2D eigenvalue weighted by molar-refractivity contribution is -0.162. The molecule has 18 heavy (non-hydrogen) atoms. The van der Waals surface area contributed by atoms with Crippen molar-refractivity contribution in [1.82, 2.24) is 5.32 Å². The number of rotatable bonds is 1. The lowest BCUT2D eigenvalue weighted by Gasteiger charge is -2.66. The van der Waals surface area contributed by atoms with E-state index in [4.69, 9.17) is 5.73 Å². The summed E-state index contributed by atoms with van der Waals surface area (Å²) in [6, 6.07) is 0.0993. The average molecular weight is 254 g/mol. The fourth-order valence-corrected chi connectivity index (χ4v) is 5.02. The van der Waals surface area contributed by atoms with Crippen molar-refractivity contribution < 1.29 is 10.2 Å². The second-order valence-electron chi connectivity index (χ2n) is 7.28. The average Bonchev–Trinajstić information content (AvgIpc) is 2.63. The van der Waals surface area contributed by atoms with E-state index in [1.54, 1.807) is 0 Å². The molecule has 2 bridgehead atoms. The van der Waals surface area contributed by atoms with E-state index in [1.165, 1.54) is 6.42 Å². The largest absolute Gasteiger partial charge is 0.389 e. The lowest BCUT2D eigenvalue weighted by Crippen LogP contribution is -2.68. The normalized spacial score (nSPS) is 58.3. The first-order valence-electron chi connectivity index (χ1n) is 7.20. The lowest BCUT2D eigenvalue weighted by atomic mass is 9.40. The molecule has 0 amide bonds. The molecule has 0 aromatic carbocycles. The molecule has 3 saturated carbocycles. The zero-order valence-electron chi connectivity index (χ0n) is 11.5. The molecular formula is C14H26N2O2. The van der Waals surface area contributed by atoms with Gasteiger partial charge in [-0.3, -0.25) is 0 Å². The summed E-state index contributed by atoms with van der Waals surface area (Å²) in [4.78, 5) is 0. The molecule has 104 valence electrons. The van der Waals surface area contributed by atoms with Gasteiger partial charge >= 0.3 is 0 Å². The van der Waals surface area contributed by atoms with E-state index in [0.717, 1.165) is 5.92 Å². The Hall–Kier alpha value is -0.160. The Morgan fingerprint density at radius 2 is 1.89 bits per heavy atom. The number of fused-ring (bicyclic) bond motifs is 2. The third-order valence-corrected chi connectivity index (χ3v) is 6.31. The molecule has 0 spiro atoms. The minimum atomic E-state index is -0.666. The maximum Gasteiger partial charge on any atom is 0.0967 e. The number of β-amino-alcohol motifs (C(OH)–C–C–N with tert-alkyl or cyclic N) is 1. The van der Waals surface area contributed by atoms with Gasteiger partial charge in [0, 0.05) is 18.6 Å². The Morgan fingerprint density at radius 1 is 1.22 bits per heavy atom. The minimum absolute atomic E-state index is 0.0389. The second-order valence-corrected chi connectivity index (χ2v) is 7.28. The van der Waals surface area contributed by atoms with Crippen molar-refractivity contribution in [2.24, 2.45) is 34.8 Å². The number of nitrogens with one attached hydrogen (secondary N) is 1. The van der Waals surface area contributed by atoms with Gasteiger partial charge in [0.25, 0.3) is 0 Å². The summed E-state index contributed by atoms with van der Waals surface area (Å²) in [6.45, 7) is 7.40. The SMILES string of the molecule is C[C@H]1[C@H]2C[C@@H](C(C3NC[C@@H](O)[C@@H]3O)[C@@H]1N)C2(C)C. The number of nitrogens with two attached hydrogens (primary N) is 1. The van der Waals surface area contributed by atoms with Gasteiger partial charge in [-0.1, -0.05) is 20.8 Å². The standard InChI is InChI=1S/C14H26N2O2/c1-6-7-4-8(14(7,2)3)10(11(6)15)12-13(18)9(17)5-16-12/h6-13,16-18H,4-5,15H2,1-3H3/t6-,7+,8-,9+,10?,11+,12?,13-/m0/s1. The Morgan fingerprint density at radius 3 is 2.39 bits per heavy atom. The predicted molar refractivity (Wildman–Crippen MR) is 69.8 cm³/mol. The minimum Gasteiger partial charge on any atom is -0.389 e. The van der Waals surface area contributed by atoms with Crippen LogP contribution in [0.1, 0.15) is 27.2 Å². The molecule has 0 aromatic rings. The molecule has 3 aliphatic carbocycles. The first-order valence-corrected chi connectivity index (χ1v) is 7.20. The molecule has 4 fully saturated rings. The van der Waals surface area contributed by atoms with Crippen molar-refractivity contribution in [3.05, 3.63) is 0 Å². The van der Waals surface area contributed by atoms with Gasteiger partial charge in [0.2, 0.25) is 0 Å². The summed E-state index contributed by atoms with van der Waals surface area (Å²) in [5, 5.41) is 23.2. The zero-order chi connectivity index (χ0) is 13.2. The number of hydrogen-bond acceptors (Lipinski definition) is 4. The fourth-order valence-electron chi connectivity index (χ4n) is 5.02. The first-order chi connectivity index (χ1) is 8.35. The van der Waals surface area contributed by atoms with E-state index in [-0.39, 0.29) is 18.0 Å². The van der Waals surface area contributed by atoms with Crippen LogP contribution in [0.2, 0.25) is 0 Å². The smallest absolute Gasteiger partial charge is 0.0967 e. The molecule has 2 unspecified atom stereocenters. The summed E-state index contributed by atoms with van der Waals surface area (Å²) < 4.78 is 0. The highest BCUT2D eigenvalue weighted by molar-refractivity contribution is 5.14. The molecule has 1 aliphatic heterocycles. The Kier molecular flexibility index (Phi) is 2.80. The van der Waals surface area contributed by atoms with Crippen molar-refractivity contribution in [2.75, 3.05) is 6.54 Å². The molecule has 4 nitrogen and oxygen atoms in total. The summed E-state index contributed by atoms with van der Waals surface area (Å²) in [6.07, 6.45) is -0.0762. The molecule has 1 heterocycles. The van der Waals surface area contributed by atoms with Gasteiger partial charge in [0.15, 0.2) is 0 Å². The fraction of sp³-hybridized carbons (Fsp3) is 1.00. The number of aliphatic hydroxyl groups excluding tert-OH is 2. The van der Waals surface area contributed by atoms with E-state index in [0.29, 0.717) is 23.8 Å². The molecule has 0 radical (unpaired) electrons. The Bertz CT molecular complexity index is 347. The molecule has 1 saturated heterocycles. The maximum absolute atomic E-state index is 10.2. The molecule has 8 atom stereocenters. The van der Waals surface area contributed by atoms with Crippen LogP contribution < -0.4 is 11.1 Å². The van der Waals surface area contributed by atoms with E-state index in [2.05, 4.69) is 26.1 Å². The van der Waals surface area contributed by atoms with E-state index in [1.807, 2.05) is 0 Å². The van der Waals surface area contributed by atoms with Crippen LogP contribution in [0, 0.1) is 29.1 Å². The molecule has 0 aromatic heterocycles. The number of hydrogen-bond donors (Lipinski definition) is 4. The van der Waals surface area contributed by atoms with Gasteiger partial charge in [0.05, 0.1) is 12.2 Å². The summed E-state index contributed by atoms with van der Waals surface area (Å²) in [7, 11) is 0. The molecule has 4 heteroatoms. The Labute approximate surface area is 109 Å². The van der Waals surface area contributed by atoms with Crippen LogP contribution in [-0.2, 0) is 0 Å². The van der Waals surface area contributed by atoms with Crippen LogP contribution in [0.25, 0.3) is 0 Å². The molecule has 4 rings (SSSR count). The third kappa shape index (κ3) is 1.46. The molecule has 4 aliphatic rings. The van der Waals surface area contributed by atoms with E-state index in [9.17, 15) is 10.2 Å². The molecular weight excluding hydrogens is 228 g/mol. The van der Waals surface area contributed by atoms with Crippen molar-refractivity contribution in [3.8, 4) is 0 Å². The molecule has 5 N–H and O–H groups in total. The van der Waals surface area contributed by atoms with Gasteiger partial charge < -0.3 is 21.3 Å². The van der Waals surface area contributed by atoms with Crippen LogP contribution in [0.15, 0.2) is 0 Å². The monoisotopic (exact) mass is 254 g/mol. The summed E-state index contributed by atoms with van der Waals surface area (Å²) in [5.74, 6) is 2.08. The van der Waals surface area contributed by atoms with Crippen molar-refractivity contribution in [3.63, 3.8) is 0 Å². The maximum atomic E-state index is 10.2. The van der Waals surface area contributed by atoms with Gasteiger partial charge in [-0.25, -0.2) is 0 Å². The summed E-state index contributed by atoms with van der Waals surface area (Å²) in [5.41, 5.74) is 6.75. The van der Waals surface area contributed by atoms with Crippen LogP contribution in [-0.4, -0.2) is 41.0 Å². The topological polar surface area (TPSA) is 78.5 Å². The van der Waals surface area contributed by atoms with Crippen LogP contribution >= 0.6 is 0 Å². The van der Waals surface area contributed by atoms with Crippen molar-refractivity contribution in [2.45, 2.75) is 51.5 Å². The van der Waals surface area contributed by atoms with Gasteiger partial charge in [-0.05, 0) is 35.5 Å². The van der Waals surface area contributed by atoms with E-state index >= 15 is 0 Å².